The summed E-state index contributed by atoms with van der Waals surface area (Å²) in [7, 11) is 0. The average molecular weight is 398 g/mol. The molecular formula is C25H32ClNO. The molecule has 4 rings (SSSR count). The number of fused-ring (bicyclic) bond motifs is 3. The quantitative estimate of drug-likeness (QED) is 0.570. The minimum absolute atomic E-state index is 0. The number of piperidine rings is 1. The Balaban J connectivity index is 0.00000225. The van der Waals surface area contributed by atoms with E-state index in [0.29, 0.717) is 12.2 Å². The Bertz CT molecular complexity index is 764. The number of carbonyl (C=O) groups excluding carboxylic acids is 1. The van der Waals surface area contributed by atoms with Crippen LogP contribution in [0.25, 0.3) is 11.1 Å². The third-order valence-electron chi connectivity index (χ3n) is 6.49. The summed E-state index contributed by atoms with van der Waals surface area (Å²) < 4.78 is 0. The maximum Gasteiger partial charge on any atom is 0.147 e. The van der Waals surface area contributed by atoms with Crippen molar-refractivity contribution < 1.29 is 4.79 Å². The highest BCUT2D eigenvalue weighted by atomic mass is 35.5. The lowest BCUT2D eigenvalue weighted by Crippen LogP contribution is -2.36. The molecule has 0 N–H and O–H groups in total. The van der Waals surface area contributed by atoms with Gasteiger partial charge in [0.15, 0.2) is 0 Å². The van der Waals surface area contributed by atoms with Gasteiger partial charge < -0.3 is 4.90 Å². The maximum absolute atomic E-state index is 13.7. The molecule has 1 aliphatic carbocycles. The Labute approximate surface area is 175 Å². The first-order chi connectivity index (χ1) is 13.3. The molecule has 0 unspecified atom stereocenters. The van der Waals surface area contributed by atoms with Gasteiger partial charge in [0.1, 0.15) is 5.78 Å². The molecule has 1 aliphatic heterocycles. The standard InChI is InChI=1S/C25H31NO.ClH/c1-2-16-25(24(27)15-10-19-26-17-8-3-9-18-26)22-13-6-4-11-20(22)21-12-5-7-14-23(21)25;/h4-7,11-14H,2-3,8-10,15-19H2,1H3;1H. The molecule has 0 amide bonds. The first kappa shape index (κ1) is 21.1. The van der Waals surface area contributed by atoms with Gasteiger partial charge in [-0.25, -0.2) is 0 Å². The topological polar surface area (TPSA) is 20.3 Å². The molecule has 1 heterocycles. The Morgan fingerprint density at radius 2 is 1.50 bits per heavy atom. The summed E-state index contributed by atoms with van der Waals surface area (Å²) in [6.07, 6.45) is 7.57. The van der Waals surface area contributed by atoms with E-state index in [0.717, 1.165) is 25.8 Å². The van der Waals surface area contributed by atoms with Crippen LogP contribution in [0.4, 0.5) is 0 Å². The van der Waals surface area contributed by atoms with E-state index in [1.807, 2.05) is 0 Å². The molecule has 0 aromatic heterocycles. The Hall–Kier alpha value is -1.64. The van der Waals surface area contributed by atoms with Crippen LogP contribution in [0.2, 0.25) is 0 Å². The zero-order chi connectivity index (χ0) is 18.7. The summed E-state index contributed by atoms with van der Waals surface area (Å²) in [6, 6.07) is 17.1. The minimum atomic E-state index is -0.441. The normalized spacial score (nSPS) is 17.5. The largest absolute Gasteiger partial charge is 0.303 e. The number of halogens is 1. The highest BCUT2D eigenvalue weighted by molar-refractivity contribution is 6.01. The van der Waals surface area contributed by atoms with Gasteiger partial charge in [-0.3, -0.25) is 4.79 Å². The van der Waals surface area contributed by atoms with Crippen molar-refractivity contribution in [2.45, 2.75) is 57.3 Å². The molecule has 0 saturated carbocycles. The Morgan fingerprint density at radius 1 is 0.929 bits per heavy atom. The van der Waals surface area contributed by atoms with Crippen LogP contribution in [0.15, 0.2) is 48.5 Å². The third-order valence-corrected chi connectivity index (χ3v) is 6.49. The van der Waals surface area contributed by atoms with Crippen LogP contribution in [0, 0.1) is 0 Å². The number of benzene rings is 2. The zero-order valence-corrected chi connectivity index (χ0v) is 17.8. The van der Waals surface area contributed by atoms with Gasteiger partial charge in [-0.15, -0.1) is 12.4 Å². The van der Waals surface area contributed by atoms with Crippen LogP contribution in [0.5, 0.6) is 0 Å². The van der Waals surface area contributed by atoms with Crippen LogP contribution >= 0.6 is 12.4 Å². The van der Waals surface area contributed by atoms with Crippen LogP contribution < -0.4 is 0 Å². The monoisotopic (exact) mass is 397 g/mol. The van der Waals surface area contributed by atoms with Crippen molar-refractivity contribution in [2.75, 3.05) is 19.6 Å². The number of likely N-dealkylation sites (tertiary alicyclic amines) is 1. The number of hydrogen-bond acceptors (Lipinski definition) is 2. The summed E-state index contributed by atoms with van der Waals surface area (Å²) in [5, 5.41) is 0. The second kappa shape index (κ2) is 9.24. The number of rotatable bonds is 7. The number of hydrogen-bond donors (Lipinski definition) is 0. The zero-order valence-electron chi connectivity index (χ0n) is 17.0. The van der Waals surface area contributed by atoms with E-state index >= 15 is 0 Å². The third kappa shape index (κ3) is 3.65. The summed E-state index contributed by atoms with van der Waals surface area (Å²) in [6.45, 7) is 5.68. The molecule has 0 radical (unpaired) electrons. The Morgan fingerprint density at radius 3 is 2.07 bits per heavy atom. The smallest absolute Gasteiger partial charge is 0.147 e. The molecule has 28 heavy (non-hydrogen) atoms. The molecule has 150 valence electrons. The van der Waals surface area contributed by atoms with Gasteiger partial charge in [-0.1, -0.05) is 68.3 Å². The van der Waals surface area contributed by atoms with Crippen LogP contribution in [0.3, 0.4) is 0 Å². The van der Waals surface area contributed by atoms with E-state index in [4.69, 9.17) is 0 Å². The van der Waals surface area contributed by atoms with E-state index in [9.17, 15) is 4.79 Å². The van der Waals surface area contributed by atoms with Gasteiger partial charge in [0.25, 0.3) is 0 Å². The first-order valence-corrected chi connectivity index (χ1v) is 10.7. The molecule has 2 nitrogen and oxygen atoms in total. The molecule has 3 heteroatoms. The molecule has 1 saturated heterocycles. The van der Waals surface area contributed by atoms with Crippen LogP contribution in [-0.4, -0.2) is 30.3 Å². The lowest BCUT2D eigenvalue weighted by atomic mass is 9.70. The summed E-state index contributed by atoms with van der Waals surface area (Å²) in [5.41, 5.74) is 4.54. The molecule has 1 fully saturated rings. The molecule has 2 aromatic rings. The average Bonchev–Trinajstić information content (AvgIpc) is 3.01. The fraction of sp³-hybridized carbons (Fsp3) is 0.480. The predicted octanol–water partition coefficient (Wildman–Crippen LogP) is 6.01. The number of ketones is 1. The van der Waals surface area contributed by atoms with Gasteiger partial charge in [-0.2, -0.15) is 0 Å². The van der Waals surface area contributed by atoms with Gasteiger partial charge >= 0.3 is 0 Å². The van der Waals surface area contributed by atoms with E-state index < -0.39 is 5.41 Å². The van der Waals surface area contributed by atoms with E-state index in [2.05, 4.69) is 60.4 Å². The molecule has 0 bridgehead atoms. The van der Waals surface area contributed by atoms with E-state index in [-0.39, 0.29) is 12.4 Å². The summed E-state index contributed by atoms with van der Waals surface area (Å²) >= 11 is 0. The maximum atomic E-state index is 13.7. The number of carbonyl (C=O) groups is 1. The predicted molar refractivity (Wildman–Crippen MR) is 119 cm³/mol. The van der Waals surface area contributed by atoms with Crippen molar-refractivity contribution in [3.05, 3.63) is 59.7 Å². The number of nitrogens with zero attached hydrogens (tertiary/aromatic N) is 1. The molecule has 2 aliphatic rings. The molecular weight excluding hydrogens is 366 g/mol. The van der Waals surface area contributed by atoms with Crippen LogP contribution in [-0.2, 0) is 10.2 Å². The van der Waals surface area contributed by atoms with Crippen molar-refractivity contribution in [1.29, 1.82) is 0 Å². The molecule has 0 atom stereocenters. The lowest BCUT2D eigenvalue weighted by Gasteiger charge is -2.31. The van der Waals surface area contributed by atoms with Gasteiger partial charge in [-0.05, 0) is 67.6 Å². The highest BCUT2D eigenvalue weighted by Crippen LogP contribution is 2.52. The lowest BCUT2D eigenvalue weighted by molar-refractivity contribution is -0.123. The summed E-state index contributed by atoms with van der Waals surface area (Å²) in [5.74, 6) is 0.416. The fourth-order valence-corrected chi connectivity index (χ4v) is 5.27. The second-order valence-corrected chi connectivity index (χ2v) is 8.18. The number of Topliss-reactive ketones (excluding diaryl/α,β-unsaturated/α-hetero) is 1. The van der Waals surface area contributed by atoms with E-state index in [1.165, 1.54) is 54.6 Å². The van der Waals surface area contributed by atoms with Gasteiger partial charge in [0.05, 0.1) is 5.41 Å². The van der Waals surface area contributed by atoms with Gasteiger partial charge in [0, 0.05) is 6.42 Å². The molecule has 0 spiro atoms. The molecule has 2 aromatic carbocycles. The summed E-state index contributed by atoms with van der Waals surface area (Å²) in [4.78, 5) is 16.2. The van der Waals surface area contributed by atoms with Crippen molar-refractivity contribution in [2.24, 2.45) is 0 Å². The Kier molecular flexibility index (Phi) is 6.95. The van der Waals surface area contributed by atoms with Crippen LogP contribution in [0.1, 0.15) is 63.0 Å². The van der Waals surface area contributed by atoms with E-state index in [1.54, 1.807) is 0 Å². The highest BCUT2D eigenvalue weighted by Gasteiger charge is 2.47. The van der Waals surface area contributed by atoms with Crippen molar-refractivity contribution in [1.82, 2.24) is 4.90 Å². The van der Waals surface area contributed by atoms with Gasteiger partial charge in [0.2, 0.25) is 0 Å². The minimum Gasteiger partial charge on any atom is -0.303 e. The van der Waals surface area contributed by atoms with Crippen molar-refractivity contribution >= 4 is 18.2 Å². The second-order valence-electron chi connectivity index (χ2n) is 8.18. The SMILES string of the molecule is CCCC1(C(=O)CCCN2CCCCC2)c2ccccc2-c2ccccc21.Cl. The first-order valence-electron chi connectivity index (χ1n) is 10.7. The van der Waals surface area contributed by atoms with Crippen molar-refractivity contribution in [3.8, 4) is 11.1 Å². The van der Waals surface area contributed by atoms with Crippen molar-refractivity contribution in [3.63, 3.8) is 0 Å². The fourth-order valence-electron chi connectivity index (χ4n) is 5.27.